The zero-order valence-corrected chi connectivity index (χ0v) is 13.7. The van der Waals surface area contributed by atoms with E-state index in [4.69, 9.17) is 4.74 Å². The average molecular weight is 330 g/mol. The van der Waals surface area contributed by atoms with Gasteiger partial charge in [0, 0.05) is 38.0 Å². The number of hydrogen-bond acceptors (Lipinski definition) is 5. The molecule has 8 heteroatoms. The van der Waals surface area contributed by atoms with E-state index in [9.17, 15) is 4.79 Å². The molecule has 1 fully saturated rings. The SMILES string of the molecule is COCc1cc(CNC(=O)N2CCC[C@@H](c3ccncn3)C2)[nH]n1. The predicted octanol–water partition coefficient (Wildman–Crippen LogP) is 1.44. The first-order chi connectivity index (χ1) is 11.8. The minimum Gasteiger partial charge on any atom is -0.378 e. The number of amides is 2. The molecule has 2 amide bonds. The summed E-state index contributed by atoms with van der Waals surface area (Å²) in [6.45, 7) is 2.33. The number of aromatic nitrogens is 4. The summed E-state index contributed by atoms with van der Waals surface area (Å²) in [6.07, 6.45) is 5.33. The number of likely N-dealkylation sites (tertiary alicyclic amines) is 1. The van der Waals surface area contributed by atoms with Crippen LogP contribution in [0.2, 0.25) is 0 Å². The Balaban J connectivity index is 1.52. The fourth-order valence-electron chi connectivity index (χ4n) is 2.95. The van der Waals surface area contributed by atoms with E-state index in [0.29, 0.717) is 19.7 Å². The maximum Gasteiger partial charge on any atom is 0.317 e. The third kappa shape index (κ3) is 4.08. The number of ether oxygens (including phenoxy) is 1. The number of nitrogens with zero attached hydrogens (tertiary/aromatic N) is 4. The van der Waals surface area contributed by atoms with Gasteiger partial charge in [-0.05, 0) is 25.0 Å². The number of carbonyl (C=O) groups is 1. The van der Waals surface area contributed by atoms with Crippen molar-refractivity contribution in [2.75, 3.05) is 20.2 Å². The van der Waals surface area contributed by atoms with Crippen molar-refractivity contribution in [1.82, 2.24) is 30.4 Å². The van der Waals surface area contributed by atoms with E-state index >= 15 is 0 Å². The summed E-state index contributed by atoms with van der Waals surface area (Å²) in [7, 11) is 1.63. The molecule has 1 atom stereocenters. The number of piperidine rings is 1. The lowest BCUT2D eigenvalue weighted by atomic mass is 9.95. The lowest BCUT2D eigenvalue weighted by molar-refractivity contribution is 0.178. The molecule has 0 bridgehead atoms. The van der Waals surface area contributed by atoms with Gasteiger partial charge in [0.05, 0.1) is 24.5 Å². The van der Waals surface area contributed by atoms with Gasteiger partial charge in [0.25, 0.3) is 0 Å². The number of nitrogens with one attached hydrogen (secondary N) is 2. The highest BCUT2D eigenvalue weighted by molar-refractivity contribution is 5.74. The third-order valence-electron chi connectivity index (χ3n) is 4.14. The molecule has 3 rings (SSSR count). The summed E-state index contributed by atoms with van der Waals surface area (Å²) in [5, 5.41) is 9.96. The topological polar surface area (TPSA) is 96.0 Å². The lowest BCUT2D eigenvalue weighted by Crippen LogP contribution is -2.44. The molecule has 3 heterocycles. The summed E-state index contributed by atoms with van der Waals surface area (Å²) >= 11 is 0. The minimum absolute atomic E-state index is 0.0587. The summed E-state index contributed by atoms with van der Waals surface area (Å²) in [4.78, 5) is 22.5. The van der Waals surface area contributed by atoms with Crippen molar-refractivity contribution in [1.29, 1.82) is 0 Å². The first-order valence-electron chi connectivity index (χ1n) is 8.07. The van der Waals surface area contributed by atoms with E-state index in [1.165, 1.54) is 0 Å². The smallest absolute Gasteiger partial charge is 0.317 e. The summed E-state index contributed by atoms with van der Waals surface area (Å²) < 4.78 is 5.03. The largest absolute Gasteiger partial charge is 0.378 e. The van der Waals surface area contributed by atoms with E-state index in [-0.39, 0.29) is 11.9 Å². The first kappa shape index (κ1) is 16.4. The molecule has 0 radical (unpaired) electrons. The maximum absolute atomic E-state index is 12.4. The van der Waals surface area contributed by atoms with Gasteiger partial charge in [-0.3, -0.25) is 5.10 Å². The Morgan fingerprint density at radius 2 is 2.46 bits per heavy atom. The van der Waals surface area contributed by atoms with Crippen LogP contribution < -0.4 is 5.32 Å². The number of H-pyrrole nitrogens is 1. The number of carbonyl (C=O) groups excluding carboxylic acids is 1. The van der Waals surface area contributed by atoms with Gasteiger partial charge in [-0.1, -0.05) is 0 Å². The first-order valence-corrected chi connectivity index (χ1v) is 8.07. The molecule has 0 saturated carbocycles. The van der Waals surface area contributed by atoms with Crippen molar-refractivity contribution in [2.45, 2.75) is 31.9 Å². The zero-order valence-electron chi connectivity index (χ0n) is 13.7. The van der Waals surface area contributed by atoms with Gasteiger partial charge < -0.3 is 15.0 Å². The molecule has 128 valence electrons. The van der Waals surface area contributed by atoms with Crippen molar-refractivity contribution >= 4 is 6.03 Å². The monoisotopic (exact) mass is 330 g/mol. The Hall–Kier alpha value is -2.48. The van der Waals surface area contributed by atoms with E-state index in [2.05, 4.69) is 25.5 Å². The summed E-state index contributed by atoms with van der Waals surface area (Å²) in [6, 6.07) is 3.76. The number of rotatable bonds is 5. The molecule has 2 aromatic heterocycles. The molecule has 0 aromatic carbocycles. The lowest BCUT2D eigenvalue weighted by Gasteiger charge is -2.32. The van der Waals surface area contributed by atoms with Gasteiger partial charge in [-0.25, -0.2) is 14.8 Å². The Labute approximate surface area is 140 Å². The van der Waals surface area contributed by atoms with Crippen LogP contribution in [0.1, 0.15) is 35.8 Å². The van der Waals surface area contributed by atoms with Gasteiger partial charge in [-0.15, -0.1) is 0 Å². The Morgan fingerprint density at radius 1 is 1.54 bits per heavy atom. The van der Waals surface area contributed by atoms with Crippen LogP contribution >= 0.6 is 0 Å². The zero-order chi connectivity index (χ0) is 16.8. The van der Waals surface area contributed by atoms with Crippen molar-refractivity contribution in [2.24, 2.45) is 0 Å². The van der Waals surface area contributed by atoms with Crippen molar-refractivity contribution in [3.05, 3.63) is 41.7 Å². The Kier molecular flexibility index (Phi) is 5.37. The highest BCUT2D eigenvalue weighted by atomic mass is 16.5. The van der Waals surface area contributed by atoms with Gasteiger partial charge >= 0.3 is 6.03 Å². The standard InChI is InChI=1S/C16H22N6O2/c1-24-10-14-7-13(20-21-14)8-18-16(23)22-6-2-3-12(9-22)15-4-5-17-11-19-15/h4-5,7,11-12H,2-3,6,8-10H2,1H3,(H,18,23)(H,20,21)/t12-/m1/s1. The molecule has 24 heavy (non-hydrogen) atoms. The number of aromatic amines is 1. The normalized spacial score (nSPS) is 17.7. The van der Waals surface area contributed by atoms with E-state index in [1.54, 1.807) is 19.6 Å². The maximum atomic E-state index is 12.4. The predicted molar refractivity (Wildman–Crippen MR) is 87.1 cm³/mol. The molecule has 2 aromatic rings. The van der Waals surface area contributed by atoms with Crippen LogP contribution in [-0.4, -0.2) is 51.3 Å². The molecular formula is C16H22N6O2. The number of methoxy groups -OCH3 is 1. The molecule has 0 aliphatic carbocycles. The van der Waals surface area contributed by atoms with E-state index in [0.717, 1.165) is 36.5 Å². The third-order valence-corrected chi connectivity index (χ3v) is 4.14. The summed E-state index contributed by atoms with van der Waals surface area (Å²) in [5.74, 6) is 0.271. The number of urea groups is 1. The van der Waals surface area contributed by atoms with Crippen molar-refractivity contribution in [3.63, 3.8) is 0 Å². The molecule has 2 N–H and O–H groups in total. The van der Waals surface area contributed by atoms with Crippen LogP contribution in [-0.2, 0) is 17.9 Å². The van der Waals surface area contributed by atoms with Crippen LogP contribution in [0, 0.1) is 0 Å². The second-order valence-corrected chi connectivity index (χ2v) is 5.90. The van der Waals surface area contributed by atoms with Crippen molar-refractivity contribution in [3.8, 4) is 0 Å². The fraction of sp³-hybridized carbons (Fsp3) is 0.500. The van der Waals surface area contributed by atoms with Crippen LogP contribution in [0.3, 0.4) is 0 Å². The second kappa shape index (κ2) is 7.87. The average Bonchev–Trinajstić information content (AvgIpc) is 3.08. The van der Waals surface area contributed by atoms with Crippen molar-refractivity contribution < 1.29 is 9.53 Å². The van der Waals surface area contributed by atoms with Gasteiger partial charge in [0.15, 0.2) is 0 Å². The highest BCUT2D eigenvalue weighted by Gasteiger charge is 2.25. The Morgan fingerprint density at radius 3 is 3.25 bits per heavy atom. The van der Waals surface area contributed by atoms with Crippen LogP contribution in [0.15, 0.2) is 24.7 Å². The minimum atomic E-state index is -0.0587. The summed E-state index contributed by atoms with van der Waals surface area (Å²) in [5.41, 5.74) is 2.68. The van der Waals surface area contributed by atoms with Crippen LogP contribution in [0.5, 0.6) is 0 Å². The van der Waals surface area contributed by atoms with E-state index in [1.807, 2.05) is 17.0 Å². The molecule has 0 unspecified atom stereocenters. The van der Waals surface area contributed by atoms with Crippen LogP contribution in [0.4, 0.5) is 4.79 Å². The molecule has 8 nitrogen and oxygen atoms in total. The van der Waals surface area contributed by atoms with Gasteiger partial charge in [-0.2, -0.15) is 5.10 Å². The highest BCUT2D eigenvalue weighted by Crippen LogP contribution is 2.24. The van der Waals surface area contributed by atoms with Crippen LogP contribution in [0.25, 0.3) is 0 Å². The molecular weight excluding hydrogens is 308 g/mol. The van der Waals surface area contributed by atoms with Gasteiger partial charge in [0.1, 0.15) is 6.33 Å². The Bertz CT molecular complexity index is 660. The molecule has 1 aliphatic heterocycles. The quantitative estimate of drug-likeness (QED) is 0.865. The fourth-order valence-corrected chi connectivity index (χ4v) is 2.95. The van der Waals surface area contributed by atoms with E-state index < -0.39 is 0 Å². The number of hydrogen-bond donors (Lipinski definition) is 2. The second-order valence-electron chi connectivity index (χ2n) is 5.90. The van der Waals surface area contributed by atoms with Gasteiger partial charge in [0.2, 0.25) is 0 Å². The molecule has 1 saturated heterocycles. The molecule has 0 spiro atoms. The molecule has 1 aliphatic rings.